The van der Waals surface area contributed by atoms with Crippen molar-refractivity contribution in [2.24, 2.45) is 0 Å². The predicted molar refractivity (Wildman–Crippen MR) is 168 cm³/mol. The lowest BCUT2D eigenvalue weighted by atomic mass is 10.0. The Morgan fingerprint density at radius 2 is 1.91 bits per heavy atom. The summed E-state index contributed by atoms with van der Waals surface area (Å²) in [5, 5.41) is 25.6. The molecule has 232 valence electrons. The van der Waals surface area contributed by atoms with E-state index in [1.807, 2.05) is 24.3 Å². The first-order chi connectivity index (χ1) is 20.7. The lowest BCUT2D eigenvalue weighted by Gasteiger charge is -2.22. The number of aromatic nitrogens is 1. The number of para-hydroxylation sites is 1. The Morgan fingerprint density at radius 3 is 2.63 bits per heavy atom. The van der Waals surface area contributed by atoms with Crippen molar-refractivity contribution in [1.29, 1.82) is 0 Å². The number of amides is 2. The van der Waals surface area contributed by atoms with Crippen molar-refractivity contribution >= 4 is 46.7 Å². The molecule has 3 atom stereocenters. The molecule has 0 saturated heterocycles. The first kappa shape index (κ1) is 33.5. The summed E-state index contributed by atoms with van der Waals surface area (Å²) in [4.78, 5) is 52.6. The average molecular weight is 612 g/mol. The number of hydrogen-bond acceptors (Lipinski definition) is 7. The second-order valence-corrected chi connectivity index (χ2v) is 11.8. The van der Waals surface area contributed by atoms with Crippen LogP contribution in [0.15, 0.2) is 48.7 Å². The van der Waals surface area contributed by atoms with Gasteiger partial charge in [-0.15, -0.1) is 0 Å². The second kappa shape index (κ2) is 17.2. The van der Waals surface area contributed by atoms with Crippen LogP contribution in [0.3, 0.4) is 0 Å². The van der Waals surface area contributed by atoms with Gasteiger partial charge in [-0.2, -0.15) is 11.8 Å². The molecule has 3 aromatic rings. The first-order valence-electron chi connectivity index (χ1n) is 14.5. The molecule has 5 N–H and O–H groups in total. The van der Waals surface area contributed by atoms with E-state index in [0.29, 0.717) is 31.4 Å². The van der Waals surface area contributed by atoms with E-state index in [4.69, 9.17) is 4.74 Å². The predicted octanol–water partition coefficient (Wildman–Crippen LogP) is 4.38. The van der Waals surface area contributed by atoms with E-state index in [-0.39, 0.29) is 29.0 Å². The van der Waals surface area contributed by atoms with Crippen molar-refractivity contribution in [3.05, 3.63) is 59.8 Å². The number of thioether (sulfide) groups is 1. The molecular weight excluding hydrogens is 570 g/mol. The number of phenols is 1. The maximum Gasteiger partial charge on any atom is 0.326 e. The van der Waals surface area contributed by atoms with Crippen LogP contribution in [-0.2, 0) is 32.0 Å². The minimum atomic E-state index is -1.19. The van der Waals surface area contributed by atoms with Crippen molar-refractivity contribution in [1.82, 2.24) is 15.6 Å². The number of aliphatic carboxylic acids is 1. The first-order valence-corrected chi connectivity index (χ1v) is 15.6. The lowest BCUT2D eigenvalue weighted by Crippen LogP contribution is -2.51. The summed E-state index contributed by atoms with van der Waals surface area (Å²) in [5.41, 5.74) is 2.51. The molecule has 11 heteroatoms. The summed E-state index contributed by atoms with van der Waals surface area (Å²) in [7, 11) is 1.47. The Balaban J connectivity index is 1.60. The summed E-state index contributed by atoms with van der Waals surface area (Å²) < 4.78 is 5.15. The average Bonchev–Trinajstić information content (AvgIpc) is 3.40. The molecule has 43 heavy (non-hydrogen) atoms. The molecule has 0 bridgehead atoms. The molecule has 2 amide bonds. The smallest absolute Gasteiger partial charge is 0.326 e. The van der Waals surface area contributed by atoms with Crippen LogP contribution in [-0.4, -0.2) is 69.5 Å². The number of carbonyl (C=O) groups is 4. The molecule has 1 heterocycles. The fraction of sp³-hybridized carbons (Fsp3) is 0.438. The highest BCUT2D eigenvalue weighted by molar-refractivity contribution is 8.00. The summed E-state index contributed by atoms with van der Waals surface area (Å²) >= 11 is 1.44. The zero-order valence-corrected chi connectivity index (χ0v) is 25.5. The Kier molecular flexibility index (Phi) is 13.4. The summed E-state index contributed by atoms with van der Waals surface area (Å²) in [6.45, 7) is 2.10. The van der Waals surface area contributed by atoms with Crippen molar-refractivity contribution in [2.75, 3.05) is 12.9 Å². The fourth-order valence-corrected chi connectivity index (χ4v) is 6.24. The number of carbonyl (C=O) groups excluding carboxylic acids is 3. The summed E-state index contributed by atoms with van der Waals surface area (Å²) in [6.07, 6.45) is 7.15. The zero-order valence-electron chi connectivity index (χ0n) is 24.6. The van der Waals surface area contributed by atoms with E-state index < -0.39 is 24.0 Å². The number of benzene rings is 2. The highest BCUT2D eigenvalue weighted by Crippen LogP contribution is 2.28. The number of fused-ring (bicyclic) bond motifs is 1. The van der Waals surface area contributed by atoms with Gasteiger partial charge in [-0.1, -0.05) is 50.5 Å². The van der Waals surface area contributed by atoms with E-state index in [2.05, 4.69) is 22.5 Å². The third-order valence-electron chi connectivity index (χ3n) is 7.32. The largest absolute Gasteiger partial charge is 0.504 e. The number of hydrogen-bond donors (Lipinski definition) is 5. The third-order valence-corrected chi connectivity index (χ3v) is 8.72. The minimum absolute atomic E-state index is 0.0418. The number of nitrogens with one attached hydrogen (secondary N) is 3. The van der Waals surface area contributed by atoms with E-state index in [0.717, 1.165) is 47.7 Å². The van der Waals surface area contributed by atoms with Crippen LogP contribution in [0.5, 0.6) is 11.5 Å². The van der Waals surface area contributed by atoms with E-state index in [9.17, 15) is 29.4 Å². The van der Waals surface area contributed by atoms with Crippen molar-refractivity contribution in [3.8, 4) is 11.5 Å². The normalized spacial score (nSPS) is 13.2. The molecule has 1 aromatic heterocycles. The Hall–Kier alpha value is -3.99. The van der Waals surface area contributed by atoms with Crippen molar-refractivity contribution < 1.29 is 34.1 Å². The molecule has 0 spiro atoms. The number of rotatable bonds is 20. The molecule has 0 aliphatic heterocycles. The molecule has 0 aliphatic carbocycles. The van der Waals surface area contributed by atoms with Crippen LogP contribution in [0, 0.1) is 0 Å². The number of ether oxygens (including phenoxy) is 1. The Bertz CT molecular complexity index is 1380. The van der Waals surface area contributed by atoms with Gasteiger partial charge in [0, 0.05) is 47.4 Å². The number of aryl methyl sites for hydroxylation is 1. The summed E-state index contributed by atoms with van der Waals surface area (Å²) in [6, 6.07) is 10.4. The highest BCUT2D eigenvalue weighted by atomic mass is 32.2. The second-order valence-electron chi connectivity index (χ2n) is 10.5. The fourth-order valence-electron chi connectivity index (χ4n) is 4.89. The third kappa shape index (κ3) is 10.3. The number of methoxy groups -OCH3 is 1. The van der Waals surface area contributed by atoms with Crippen LogP contribution in [0.2, 0.25) is 0 Å². The number of ketones is 1. The Morgan fingerprint density at radius 1 is 1.12 bits per heavy atom. The van der Waals surface area contributed by atoms with Gasteiger partial charge in [0.2, 0.25) is 12.3 Å². The van der Waals surface area contributed by atoms with Crippen LogP contribution >= 0.6 is 11.8 Å². The molecule has 3 rings (SSSR count). The van der Waals surface area contributed by atoms with Crippen LogP contribution in [0.1, 0.15) is 56.6 Å². The quantitative estimate of drug-likeness (QED) is 0.0930. The molecule has 0 radical (unpaired) electrons. The standard InChI is InChI=1S/C32H41N3O7S/c1-3-4-5-8-24(17-23(37)13-11-21-12-14-29(38)30(15-21)42-2)43-19-28(34-20-36)31(39)35-27(32(40)41)16-22-18-33-26-10-7-6-9-25(22)26/h6-7,9-10,12,14-15,18,20,24,27-28,33,38H,3-5,8,11,13,16-17,19H2,1-2H3,(H,34,36)(H,35,39)(H,40,41). The van der Waals surface area contributed by atoms with Gasteiger partial charge < -0.3 is 30.6 Å². The number of Topliss-reactive ketones (excluding diaryl/α,β-unsaturated/α-hetero) is 1. The van der Waals surface area contributed by atoms with Gasteiger partial charge >= 0.3 is 5.97 Å². The number of carboxylic acids is 1. The van der Waals surface area contributed by atoms with Gasteiger partial charge in [-0.25, -0.2) is 4.79 Å². The van der Waals surface area contributed by atoms with Crippen LogP contribution in [0.25, 0.3) is 10.9 Å². The van der Waals surface area contributed by atoms with Gasteiger partial charge in [0.1, 0.15) is 17.9 Å². The zero-order chi connectivity index (χ0) is 31.2. The van der Waals surface area contributed by atoms with Gasteiger partial charge in [0.25, 0.3) is 0 Å². The molecule has 2 aromatic carbocycles. The van der Waals surface area contributed by atoms with E-state index >= 15 is 0 Å². The van der Waals surface area contributed by atoms with E-state index in [1.165, 1.54) is 18.9 Å². The topological polar surface area (TPSA) is 158 Å². The minimum Gasteiger partial charge on any atom is -0.504 e. The summed E-state index contributed by atoms with van der Waals surface area (Å²) in [5.74, 6) is -1.09. The van der Waals surface area contributed by atoms with Crippen molar-refractivity contribution in [3.63, 3.8) is 0 Å². The van der Waals surface area contributed by atoms with Crippen LogP contribution < -0.4 is 15.4 Å². The maximum absolute atomic E-state index is 13.2. The van der Waals surface area contributed by atoms with Crippen LogP contribution in [0.4, 0.5) is 0 Å². The maximum atomic E-state index is 13.2. The molecule has 0 aliphatic rings. The number of aromatic amines is 1. The molecule has 3 unspecified atom stereocenters. The molecule has 0 fully saturated rings. The molecule has 0 saturated carbocycles. The van der Waals surface area contributed by atoms with Gasteiger partial charge in [0.05, 0.1) is 7.11 Å². The van der Waals surface area contributed by atoms with Gasteiger partial charge in [-0.05, 0) is 42.2 Å². The number of unbranched alkanes of at least 4 members (excludes halogenated alkanes) is 2. The lowest BCUT2D eigenvalue weighted by molar-refractivity contribution is -0.142. The monoisotopic (exact) mass is 611 g/mol. The molecular formula is C32H41N3O7S. The van der Waals surface area contributed by atoms with Gasteiger partial charge in [-0.3, -0.25) is 14.4 Å². The van der Waals surface area contributed by atoms with Crippen molar-refractivity contribution in [2.45, 2.75) is 75.6 Å². The number of carboxylic acid groups (broad SMARTS) is 1. The number of aromatic hydroxyl groups is 1. The SMILES string of the molecule is CCCCCC(CC(=O)CCc1ccc(O)c(OC)c1)SCC(NC=O)C(=O)NC(Cc1c[nH]c2ccccc12)C(=O)O. The molecule has 10 nitrogen and oxygen atoms in total. The number of H-pyrrole nitrogens is 1. The Labute approximate surface area is 256 Å². The van der Waals surface area contributed by atoms with E-state index in [1.54, 1.807) is 24.4 Å². The highest BCUT2D eigenvalue weighted by Gasteiger charge is 2.27. The van der Waals surface area contributed by atoms with Gasteiger partial charge in [0.15, 0.2) is 11.5 Å². The number of phenolic OH excluding ortho intramolecular Hbond substituents is 1.